The number of benzene rings is 2. The van der Waals surface area contributed by atoms with Crippen LogP contribution in [0.2, 0.25) is 0 Å². The van der Waals surface area contributed by atoms with Crippen molar-refractivity contribution in [3.63, 3.8) is 0 Å². The van der Waals surface area contributed by atoms with Gasteiger partial charge in [-0.2, -0.15) is 0 Å². The number of piperidine rings is 1. The molecule has 4 nitrogen and oxygen atoms in total. The number of carbonyl (C=O) groups is 1. The number of aryl methyl sites for hydroxylation is 2. The van der Waals surface area contributed by atoms with Gasteiger partial charge in [0.2, 0.25) is 0 Å². The topological polar surface area (TPSA) is 49.8 Å². The first kappa shape index (κ1) is 18.5. The Labute approximate surface area is 155 Å². The summed E-state index contributed by atoms with van der Waals surface area (Å²) in [4.78, 5) is 14.3. The molecule has 138 valence electrons. The summed E-state index contributed by atoms with van der Waals surface area (Å²) in [5.74, 6) is 1.01. The van der Waals surface area contributed by atoms with Crippen LogP contribution in [0.3, 0.4) is 0 Å². The fourth-order valence-electron chi connectivity index (χ4n) is 3.64. The second kappa shape index (κ2) is 8.37. The van der Waals surface area contributed by atoms with Crippen molar-refractivity contribution in [2.75, 3.05) is 19.7 Å². The number of ether oxygens (including phenoxy) is 1. The molecule has 1 unspecified atom stereocenters. The van der Waals surface area contributed by atoms with Crippen LogP contribution in [0, 0.1) is 19.8 Å². The fourth-order valence-corrected chi connectivity index (χ4v) is 3.64. The van der Waals surface area contributed by atoms with Crippen molar-refractivity contribution in [2.45, 2.75) is 32.8 Å². The van der Waals surface area contributed by atoms with Crippen molar-refractivity contribution < 1.29 is 14.6 Å². The summed E-state index contributed by atoms with van der Waals surface area (Å²) >= 11 is 0. The summed E-state index contributed by atoms with van der Waals surface area (Å²) in [6.45, 7) is 5.39. The van der Waals surface area contributed by atoms with E-state index in [9.17, 15) is 9.90 Å². The smallest absolute Gasteiger partial charge is 0.260 e. The van der Waals surface area contributed by atoms with E-state index in [2.05, 4.69) is 0 Å². The lowest BCUT2D eigenvalue weighted by molar-refractivity contribution is -0.135. The van der Waals surface area contributed by atoms with Crippen LogP contribution in [0.5, 0.6) is 5.75 Å². The van der Waals surface area contributed by atoms with E-state index in [0.29, 0.717) is 13.1 Å². The van der Waals surface area contributed by atoms with Gasteiger partial charge in [0.05, 0.1) is 6.10 Å². The first-order chi connectivity index (χ1) is 12.6. The average molecular weight is 353 g/mol. The molecular formula is C22H27NO3. The normalized spacial score (nSPS) is 16.3. The second-order valence-corrected chi connectivity index (χ2v) is 7.08. The molecule has 0 aromatic heterocycles. The van der Waals surface area contributed by atoms with Crippen LogP contribution in [0.1, 0.15) is 35.6 Å². The molecule has 4 heteroatoms. The minimum Gasteiger partial charge on any atom is -0.483 e. The molecule has 2 aromatic rings. The molecule has 1 saturated heterocycles. The van der Waals surface area contributed by atoms with E-state index in [0.717, 1.165) is 35.3 Å². The van der Waals surface area contributed by atoms with Crippen molar-refractivity contribution in [2.24, 2.45) is 5.92 Å². The molecule has 1 aliphatic heterocycles. The van der Waals surface area contributed by atoms with Gasteiger partial charge in [-0.1, -0.05) is 48.5 Å². The molecule has 1 heterocycles. The second-order valence-electron chi connectivity index (χ2n) is 7.08. The van der Waals surface area contributed by atoms with E-state index in [1.165, 1.54) is 0 Å². The van der Waals surface area contributed by atoms with Crippen LogP contribution in [0.4, 0.5) is 0 Å². The molecule has 3 rings (SSSR count). The van der Waals surface area contributed by atoms with Crippen LogP contribution in [0.25, 0.3) is 0 Å². The lowest BCUT2D eigenvalue weighted by Gasteiger charge is -2.34. The van der Waals surface area contributed by atoms with E-state index in [1.54, 1.807) is 0 Å². The number of hydrogen-bond donors (Lipinski definition) is 1. The predicted octanol–water partition coefficient (Wildman–Crippen LogP) is 3.65. The molecule has 1 fully saturated rings. The van der Waals surface area contributed by atoms with Crippen molar-refractivity contribution in [1.82, 2.24) is 4.90 Å². The first-order valence-electron chi connectivity index (χ1n) is 9.26. The summed E-state index contributed by atoms with van der Waals surface area (Å²) in [5.41, 5.74) is 3.04. The average Bonchev–Trinajstić information content (AvgIpc) is 2.67. The zero-order valence-corrected chi connectivity index (χ0v) is 15.5. The van der Waals surface area contributed by atoms with Crippen LogP contribution < -0.4 is 4.74 Å². The Balaban J connectivity index is 1.51. The van der Waals surface area contributed by atoms with Gasteiger partial charge in [-0.25, -0.2) is 0 Å². The monoisotopic (exact) mass is 353 g/mol. The minimum absolute atomic E-state index is 0.0142. The van der Waals surface area contributed by atoms with E-state index in [1.807, 2.05) is 67.3 Å². The van der Waals surface area contributed by atoms with Crippen LogP contribution in [-0.2, 0) is 4.79 Å². The summed E-state index contributed by atoms with van der Waals surface area (Å²) in [6, 6.07) is 15.7. The van der Waals surface area contributed by atoms with Crippen molar-refractivity contribution in [3.05, 3.63) is 65.2 Å². The summed E-state index contributed by atoms with van der Waals surface area (Å²) in [5, 5.41) is 10.6. The van der Waals surface area contributed by atoms with Crippen LogP contribution >= 0.6 is 0 Å². The lowest BCUT2D eigenvalue weighted by atomic mass is 9.87. The van der Waals surface area contributed by atoms with Crippen LogP contribution in [0.15, 0.2) is 48.5 Å². The molecular weight excluding hydrogens is 326 g/mol. The van der Waals surface area contributed by atoms with E-state index in [-0.39, 0.29) is 18.4 Å². The maximum Gasteiger partial charge on any atom is 0.260 e. The number of rotatable bonds is 5. The van der Waals surface area contributed by atoms with Crippen molar-refractivity contribution in [3.8, 4) is 5.75 Å². The standard InChI is InChI=1S/C22H27NO3/c1-16-7-6-8-17(2)22(16)26-15-20(24)23-13-11-19(12-14-23)21(25)18-9-4-3-5-10-18/h3-10,19,21,25H,11-15H2,1-2H3. The Morgan fingerprint density at radius 3 is 2.31 bits per heavy atom. The maximum absolute atomic E-state index is 12.5. The third-order valence-electron chi connectivity index (χ3n) is 5.23. The Hall–Kier alpha value is -2.33. The lowest BCUT2D eigenvalue weighted by Crippen LogP contribution is -2.42. The third-order valence-corrected chi connectivity index (χ3v) is 5.23. The maximum atomic E-state index is 12.5. The van der Waals surface area contributed by atoms with Gasteiger partial charge in [0, 0.05) is 13.1 Å². The zero-order chi connectivity index (χ0) is 18.5. The highest BCUT2D eigenvalue weighted by Gasteiger charge is 2.28. The minimum atomic E-state index is -0.459. The third kappa shape index (κ3) is 4.25. The SMILES string of the molecule is Cc1cccc(C)c1OCC(=O)N1CCC(C(O)c2ccccc2)CC1. The molecule has 26 heavy (non-hydrogen) atoms. The predicted molar refractivity (Wildman–Crippen MR) is 102 cm³/mol. The molecule has 2 aromatic carbocycles. The number of likely N-dealkylation sites (tertiary alicyclic amines) is 1. The molecule has 0 aliphatic carbocycles. The highest BCUT2D eigenvalue weighted by atomic mass is 16.5. The number of carbonyl (C=O) groups excluding carboxylic acids is 1. The zero-order valence-electron chi connectivity index (χ0n) is 15.5. The molecule has 0 spiro atoms. The Bertz CT molecular complexity index is 716. The number of amides is 1. The van der Waals surface area contributed by atoms with Crippen molar-refractivity contribution in [1.29, 1.82) is 0 Å². The van der Waals surface area contributed by atoms with Gasteiger partial charge in [0.15, 0.2) is 6.61 Å². The first-order valence-corrected chi connectivity index (χ1v) is 9.26. The van der Waals surface area contributed by atoms with Gasteiger partial charge in [0.1, 0.15) is 5.75 Å². The molecule has 1 amide bonds. The quantitative estimate of drug-likeness (QED) is 0.892. The van der Waals surface area contributed by atoms with E-state index < -0.39 is 6.10 Å². The Morgan fingerprint density at radius 1 is 1.08 bits per heavy atom. The molecule has 1 N–H and O–H groups in total. The number of para-hydroxylation sites is 1. The molecule has 0 bridgehead atoms. The molecule has 1 aliphatic rings. The van der Waals surface area contributed by atoms with Gasteiger partial charge in [-0.05, 0) is 49.3 Å². The van der Waals surface area contributed by atoms with Gasteiger partial charge < -0.3 is 14.7 Å². The van der Waals surface area contributed by atoms with Crippen molar-refractivity contribution >= 4 is 5.91 Å². The van der Waals surface area contributed by atoms with Gasteiger partial charge in [-0.15, -0.1) is 0 Å². The van der Waals surface area contributed by atoms with Gasteiger partial charge >= 0.3 is 0 Å². The highest BCUT2D eigenvalue weighted by Crippen LogP contribution is 2.30. The Kier molecular flexibility index (Phi) is 5.94. The number of nitrogens with zero attached hydrogens (tertiary/aromatic N) is 1. The molecule has 0 saturated carbocycles. The van der Waals surface area contributed by atoms with Crippen LogP contribution in [-0.4, -0.2) is 35.6 Å². The molecule has 1 atom stereocenters. The van der Waals surface area contributed by atoms with Gasteiger partial charge in [0.25, 0.3) is 5.91 Å². The van der Waals surface area contributed by atoms with E-state index in [4.69, 9.17) is 4.74 Å². The Morgan fingerprint density at radius 2 is 1.69 bits per heavy atom. The highest BCUT2D eigenvalue weighted by molar-refractivity contribution is 5.78. The summed E-state index contributed by atoms with van der Waals surface area (Å²) < 4.78 is 5.79. The number of aliphatic hydroxyl groups is 1. The summed E-state index contributed by atoms with van der Waals surface area (Å²) in [7, 11) is 0. The number of hydrogen-bond acceptors (Lipinski definition) is 3. The van der Waals surface area contributed by atoms with E-state index >= 15 is 0 Å². The molecule has 0 radical (unpaired) electrons. The largest absolute Gasteiger partial charge is 0.483 e. The fraction of sp³-hybridized carbons (Fsp3) is 0.409. The van der Waals surface area contributed by atoms with Gasteiger partial charge in [-0.3, -0.25) is 4.79 Å². The number of aliphatic hydroxyl groups excluding tert-OH is 1. The summed E-state index contributed by atoms with van der Waals surface area (Å²) in [6.07, 6.45) is 1.16.